The van der Waals surface area contributed by atoms with Crippen LogP contribution in [0.15, 0.2) is 218 Å². The maximum Gasteiger partial charge on any atom is 0.158 e. The molecule has 6 nitrogen and oxygen atoms in total. The van der Waals surface area contributed by atoms with E-state index in [2.05, 4.69) is 101 Å². The van der Waals surface area contributed by atoms with Gasteiger partial charge in [-0.25, -0.2) is 9.97 Å². The minimum absolute atomic E-state index is 0.580. The molecule has 59 heavy (non-hydrogen) atoms. The minimum Gasteiger partial charge on any atom is -0.398 e. The number of aromatic nitrogens is 3. The highest BCUT2D eigenvalue weighted by Gasteiger charge is 2.17. The number of nitrogens with two attached hydrogens (primary N) is 1. The van der Waals surface area contributed by atoms with Crippen LogP contribution in [0, 0.1) is 0 Å². The van der Waals surface area contributed by atoms with Gasteiger partial charge in [0.05, 0.1) is 16.7 Å². The fourth-order valence-corrected chi connectivity index (χ4v) is 7.55. The Morgan fingerprint density at radius 1 is 0.508 bits per heavy atom. The van der Waals surface area contributed by atoms with E-state index in [1.165, 1.54) is 0 Å². The van der Waals surface area contributed by atoms with E-state index in [9.17, 15) is 0 Å². The molecule has 3 aromatic heterocycles. The Morgan fingerprint density at radius 2 is 1.07 bits per heavy atom. The highest BCUT2D eigenvalue weighted by atomic mass is 16.6. The van der Waals surface area contributed by atoms with Crippen molar-refractivity contribution in [1.29, 1.82) is 0 Å². The number of nitrogens with zero attached hydrogens (tertiary/aromatic N) is 4. The van der Waals surface area contributed by atoms with Gasteiger partial charge in [-0.3, -0.25) is 4.40 Å². The molecule has 0 spiro atoms. The van der Waals surface area contributed by atoms with E-state index in [0.717, 1.165) is 83.3 Å². The summed E-state index contributed by atoms with van der Waals surface area (Å²) in [6, 6.07) is 67.9. The largest absolute Gasteiger partial charge is 0.398 e. The van der Waals surface area contributed by atoms with E-state index < -0.39 is 0 Å². The third-order valence-corrected chi connectivity index (χ3v) is 10.6. The fraction of sp³-hybridized carbons (Fsp3) is 0. The Bertz CT molecular complexity index is 3150. The number of pyridine rings is 2. The maximum atomic E-state index is 6.74. The van der Waals surface area contributed by atoms with Crippen molar-refractivity contribution < 1.29 is 4.84 Å². The van der Waals surface area contributed by atoms with E-state index in [4.69, 9.17) is 20.5 Å². The third kappa shape index (κ3) is 7.11. The molecule has 10 aromatic rings. The van der Waals surface area contributed by atoms with Crippen molar-refractivity contribution in [3.05, 3.63) is 224 Å². The zero-order chi connectivity index (χ0) is 39.5. The van der Waals surface area contributed by atoms with Crippen LogP contribution in [0.3, 0.4) is 0 Å². The molecule has 0 aliphatic heterocycles. The minimum atomic E-state index is 0.580. The number of rotatable bonds is 9. The normalized spacial score (nSPS) is 12.0. The zero-order valence-corrected chi connectivity index (χ0v) is 32.0. The second kappa shape index (κ2) is 15.4. The molecule has 0 radical (unpaired) electrons. The predicted molar refractivity (Wildman–Crippen MR) is 242 cm³/mol. The summed E-state index contributed by atoms with van der Waals surface area (Å²) < 4.78 is 2.12. The molecule has 0 aliphatic rings. The van der Waals surface area contributed by atoms with Crippen LogP contribution in [0.4, 0.5) is 0 Å². The lowest BCUT2D eigenvalue weighted by atomic mass is 10.00. The molecular weight excluding hydrogens is 723 g/mol. The number of hydrogen-bond donors (Lipinski definition) is 1. The van der Waals surface area contributed by atoms with E-state index in [1.807, 2.05) is 121 Å². The van der Waals surface area contributed by atoms with Crippen LogP contribution in [-0.4, -0.2) is 20.1 Å². The first-order chi connectivity index (χ1) is 29.1. The molecule has 0 fully saturated rings. The van der Waals surface area contributed by atoms with Crippen LogP contribution >= 0.6 is 0 Å². The summed E-state index contributed by atoms with van der Waals surface area (Å²) in [7, 11) is 0. The molecule has 0 bridgehead atoms. The first-order valence-corrected chi connectivity index (χ1v) is 19.5. The van der Waals surface area contributed by atoms with Gasteiger partial charge in [0, 0.05) is 28.4 Å². The van der Waals surface area contributed by atoms with Gasteiger partial charge in [0.2, 0.25) is 0 Å². The van der Waals surface area contributed by atoms with Gasteiger partial charge in [-0.05, 0) is 81.4 Å². The Morgan fingerprint density at radius 3 is 1.78 bits per heavy atom. The second-order valence-electron chi connectivity index (χ2n) is 14.4. The highest BCUT2D eigenvalue weighted by Crippen LogP contribution is 2.35. The van der Waals surface area contributed by atoms with Gasteiger partial charge >= 0.3 is 0 Å². The summed E-state index contributed by atoms with van der Waals surface area (Å²) in [6.07, 6.45) is 3.92. The van der Waals surface area contributed by atoms with E-state index in [1.54, 1.807) is 0 Å². The summed E-state index contributed by atoms with van der Waals surface area (Å²) in [5.74, 6) is 0.603. The Labute approximate surface area is 341 Å². The second-order valence-corrected chi connectivity index (χ2v) is 14.4. The number of para-hydroxylation sites is 1. The summed E-state index contributed by atoms with van der Waals surface area (Å²) in [4.78, 5) is 16.3. The number of benzene rings is 7. The van der Waals surface area contributed by atoms with Crippen molar-refractivity contribution in [2.45, 2.75) is 0 Å². The van der Waals surface area contributed by atoms with Gasteiger partial charge in [0.1, 0.15) is 16.9 Å². The van der Waals surface area contributed by atoms with Gasteiger partial charge in [-0.2, -0.15) is 0 Å². The maximum absolute atomic E-state index is 6.74. The van der Waals surface area contributed by atoms with Gasteiger partial charge < -0.3 is 10.6 Å². The van der Waals surface area contributed by atoms with Crippen molar-refractivity contribution in [2.24, 2.45) is 10.9 Å². The molecule has 0 saturated heterocycles. The lowest BCUT2D eigenvalue weighted by Gasteiger charge is -2.10. The van der Waals surface area contributed by atoms with Crippen molar-refractivity contribution in [1.82, 2.24) is 14.4 Å². The third-order valence-electron chi connectivity index (χ3n) is 10.6. The molecule has 10 rings (SSSR count). The lowest BCUT2D eigenvalue weighted by Crippen LogP contribution is -2.05. The van der Waals surface area contributed by atoms with Crippen molar-refractivity contribution >= 4 is 39.0 Å². The van der Waals surface area contributed by atoms with E-state index in [0.29, 0.717) is 17.2 Å². The Balaban J connectivity index is 0.956. The standard InChI is InChI=1S/C53H37N5O/c54-47(41-25-21-38(22-26-41)36-12-3-1-4-13-36)35-49(42-27-23-39(24-28-42)37-14-5-2-6-15-37)57-59-45-31-29-40(30-32-45)43-16-11-17-44(34-43)51-53-52(46-18-7-8-19-48(46)55-51)56-50-20-9-10-33-58(50)53/h1-35H,54H2/b47-35-,57-49+. The van der Waals surface area contributed by atoms with E-state index in [-0.39, 0.29) is 0 Å². The number of imidazole rings is 1. The number of oxime groups is 1. The first kappa shape index (κ1) is 35.3. The average molecular weight is 760 g/mol. The number of hydrogen-bond acceptors (Lipinski definition) is 5. The van der Waals surface area contributed by atoms with Crippen molar-refractivity contribution in [2.75, 3.05) is 0 Å². The summed E-state index contributed by atoms with van der Waals surface area (Å²) in [5, 5.41) is 5.71. The van der Waals surface area contributed by atoms with Gasteiger partial charge in [-0.15, -0.1) is 0 Å². The highest BCUT2D eigenvalue weighted by molar-refractivity contribution is 6.12. The van der Waals surface area contributed by atoms with Gasteiger partial charge in [0.15, 0.2) is 5.75 Å². The summed E-state index contributed by atoms with van der Waals surface area (Å²) >= 11 is 0. The van der Waals surface area contributed by atoms with Crippen molar-refractivity contribution in [3.63, 3.8) is 0 Å². The lowest BCUT2D eigenvalue weighted by molar-refractivity contribution is 0.342. The molecule has 6 heteroatoms. The molecule has 0 amide bonds. The fourth-order valence-electron chi connectivity index (χ4n) is 7.55. The molecule has 2 N–H and O–H groups in total. The van der Waals surface area contributed by atoms with Crippen LogP contribution in [0.1, 0.15) is 11.1 Å². The number of allylic oxidation sites excluding steroid dienone is 1. The summed E-state index contributed by atoms with van der Waals surface area (Å²) in [6.45, 7) is 0. The Hall–Kier alpha value is -8.09. The van der Waals surface area contributed by atoms with Crippen LogP contribution in [0.5, 0.6) is 5.75 Å². The zero-order valence-electron chi connectivity index (χ0n) is 32.0. The topological polar surface area (TPSA) is 77.8 Å². The molecule has 3 heterocycles. The molecule has 280 valence electrons. The predicted octanol–water partition coefficient (Wildman–Crippen LogP) is 12.5. The van der Waals surface area contributed by atoms with Gasteiger partial charge in [-0.1, -0.05) is 169 Å². The summed E-state index contributed by atoms with van der Waals surface area (Å²) in [5.41, 5.74) is 22.0. The molecule has 0 unspecified atom stereocenters. The van der Waals surface area contributed by atoms with E-state index >= 15 is 0 Å². The smallest absolute Gasteiger partial charge is 0.158 e. The van der Waals surface area contributed by atoms with Crippen LogP contribution < -0.4 is 10.6 Å². The molecule has 0 aliphatic carbocycles. The van der Waals surface area contributed by atoms with Crippen LogP contribution in [0.2, 0.25) is 0 Å². The first-order valence-electron chi connectivity index (χ1n) is 19.5. The van der Waals surface area contributed by atoms with Gasteiger partial charge in [0.25, 0.3) is 0 Å². The molecular formula is C53H37N5O. The SMILES string of the molecule is N/C(=C\C(=N/Oc1ccc(-c2cccc(-c3nc4ccccc4c4nc5ccccn5c34)c2)cc1)c1ccc(-c2ccccc2)cc1)c1ccc(-c2ccccc2)cc1. The molecule has 7 aromatic carbocycles. The molecule has 0 atom stereocenters. The average Bonchev–Trinajstić information content (AvgIpc) is 3.71. The quantitative estimate of drug-likeness (QED) is 0.117. The molecule has 0 saturated carbocycles. The monoisotopic (exact) mass is 759 g/mol. The Kier molecular flexibility index (Phi) is 9.25. The van der Waals surface area contributed by atoms with Crippen LogP contribution in [-0.2, 0) is 0 Å². The van der Waals surface area contributed by atoms with Crippen LogP contribution in [0.25, 0.3) is 77.9 Å². The van der Waals surface area contributed by atoms with Crippen molar-refractivity contribution in [3.8, 4) is 50.4 Å². The number of fused-ring (bicyclic) bond motifs is 5.